The third kappa shape index (κ3) is 3.34. The molecule has 0 unspecified atom stereocenters. The van der Waals surface area contributed by atoms with Crippen molar-refractivity contribution in [3.05, 3.63) is 82.0 Å². The van der Waals surface area contributed by atoms with Crippen molar-refractivity contribution in [3.8, 4) is 0 Å². The summed E-state index contributed by atoms with van der Waals surface area (Å²) in [4.78, 5) is 35.0. The number of fused-ring (bicyclic) bond motifs is 6. The van der Waals surface area contributed by atoms with Gasteiger partial charge in [-0.3, -0.25) is 4.79 Å². The van der Waals surface area contributed by atoms with Crippen molar-refractivity contribution >= 4 is 50.3 Å². The van der Waals surface area contributed by atoms with Crippen molar-refractivity contribution < 1.29 is 13.9 Å². The van der Waals surface area contributed by atoms with Crippen LogP contribution in [-0.2, 0) is 10.5 Å². The molecule has 6 nitrogen and oxygen atoms in total. The van der Waals surface area contributed by atoms with Gasteiger partial charge in [-0.05, 0) is 42.0 Å². The number of carbonyl (C=O) groups excluding carboxylic acids is 1. The van der Waals surface area contributed by atoms with E-state index in [1.165, 1.54) is 31.0 Å². The molecule has 0 aliphatic carbocycles. The summed E-state index contributed by atoms with van der Waals surface area (Å²) in [6.45, 7) is 0. The number of halogens is 1. The van der Waals surface area contributed by atoms with Gasteiger partial charge in [-0.15, -0.1) is 0 Å². The first kappa shape index (κ1) is 19.3. The van der Waals surface area contributed by atoms with Gasteiger partial charge in [-0.25, -0.2) is 14.2 Å². The molecule has 0 saturated heterocycles. The predicted octanol–water partition coefficient (Wildman–Crippen LogP) is 4.78. The maximum absolute atomic E-state index is 13.9. The Morgan fingerprint density at radius 2 is 2.00 bits per heavy atom. The molecule has 0 fully saturated rings. The molecule has 2 N–H and O–H groups in total. The van der Waals surface area contributed by atoms with E-state index in [9.17, 15) is 14.0 Å². The van der Waals surface area contributed by atoms with Gasteiger partial charge in [-0.2, -0.15) is 0 Å². The fraction of sp³-hybridized carbons (Fsp3) is 0.0870. The molecule has 2 aromatic heterocycles. The molecular weight excluding hydrogens is 417 g/mol. The molecule has 31 heavy (non-hydrogen) atoms. The summed E-state index contributed by atoms with van der Waals surface area (Å²) < 4.78 is 18.7. The number of nitrogens with one attached hydrogen (secondary N) is 2. The standard InChI is InChI=1S/C23H16FN3O3S/c1-30-22(29)13-4-2-3-12(9-13)11-31-23-26-19-15-6-5-14(24)10-17(15)18-16(20(19)27-23)7-8-25-21(18)28/h2-10H,11H2,1H3,(H,25,28)(H,26,27). The fourth-order valence-corrected chi connectivity index (χ4v) is 4.56. The van der Waals surface area contributed by atoms with E-state index < -0.39 is 5.82 Å². The molecule has 0 atom stereocenters. The SMILES string of the molecule is COC(=O)c1cccc(CSc2nc3c4cc[nH]c(=O)c4c4cc(F)ccc4c3[nH]2)c1. The van der Waals surface area contributed by atoms with Crippen LogP contribution in [0.25, 0.3) is 32.6 Å². The number of carbonyl (C=O) groups is 1. The summed E-state index contributed by atoms with van der Waals surface area (Å²) in [6, 6.07) is 13.4. The highest BCUT2D eigenvalue weighted by atomic mass is 32.2. The zero-order valence-corrected chi connectivity index (χ0v) is 17.2. The zero-order valence-electron chi connectivity index (χ0n) is 16.4. The van der Waals surface area contributed by atoms with E-state index in [0.717, 1.165) is 16.5 Å². The lowest BCUT2D eigenvalue weighted by Crippen LogP contribution is -2.05. The van der Waals surface area contributed by atoms with Crippen LogP contribution in [0.1, 0.15) is 15.9 Å². The Hall–Kier alpha value is -3.65. The molecule has 0 bridgehead atoms. The summed E-state index contributed by atoms with van der Waals surface area (Å²) in [5.41, 5.74) is 2.56. The van der Waals surface area contributed by atoms with Crippen LogP contribution in [0.3, 0.4) is 0 Å². The maximum atomic E-state index is 13.9. The lowest BCUT2D eigenvalue weighted by molar-refractivity contribution is 0.0600. The van der Waals surface area contributed by atoms with E-state index in [1.807, 2.05) is 12.1 Å². The van der Waals surface area contributed by atoms with Crippen molar-refractivity contribution in [2.24, 2.45) is 0 Å². The van der Waals surface area contributed by atoms with Crippen LogP contribution in [-0.4, -0.2) is 28.0 Å². The molecule has 0 aliphatic heterocycles. The van der Waals surface area contributed by atoms with Crippen LogP contribution in [0, 0.1) is 5.82 Å². The molecule has 5 aromatic rings. The molecule has 154 valence electrons. The van der Waals surface area contributed by atoms with Gasteiger partial charge in [0.15, 0.2) is 5.16 Å². The number of methoxy groups -OCH3 is 1. The van der Waals surface area contributed by atoms with Crippen molar-refractivity contribution in [2.45, 2.75) is 10.9 Å². The second kappa shape index (κ2) is 7.55. The number of benzene rings is 3. The number of aromatic nitrogens is 3. The summed E-state index contributed by atoms with van der Waals surface area (Å²) in [7, 11) is 1.35. The Bertz CT molecular complexity index is 1540. The highest BCUT2D eigenvalue weighted by Crippen LogP contribution is 2.34. The van der Waals surface area contributed by atoms with E-state index >= 15 is 0 Å². The minimum atomic E-state index is -0.406. The lowest BCUT2D eigenvalue weighted by atomic mass is 10.0. The number of nitrogens with zero attached hydrogens (tertiary/aromatic N) is 1. The van der Waals surface area contributed by atoms with Crippen LogP contribution in [0.5, 0.6) is 0 Å². The first-order chi connectivity index (χ1) is 15.0. The normalized spacial score (nSPS) is 11.4. The van der Waals surface area contributed by atoms with Gasteiger partial charge in [-0.1, -0.05) is 23.9 Å². The van der Waals surface area contributed by atoms with Crippen LogP contribution in [0.2, 0.25) is 0 Å². The van der Waals surface area contributed by atoms with Crippen molar-refractivity contribution in [1.29, 1.82) is 0 Å². The molecule has 2 heterocycles. The molecule has 0 amide bonds. The summed E-state index contributed by atoms with van der Waals surface area (Å²) in [6.07, 6.45) is 1.56. The largest absolute Gasteiger partial charge is 0.465 e. The van der Waals surface area contributed by atoms with E-state index in [0.29, 0.717) is 38.1 Å². The molecule has 0 radical (unpaired) electrons. The number of hydrogen-bond donors (Lipinski definition) is 2. The topological polar surface area (TPSA) is 87.8 Å². The Kier molecular flexibility index (Phi) is 4.71. The molecule has 5 rings (SSSR count). The summed E-state index contributed by atoms with van der Waals surface area (Å²) in [5, 5.41) is 3.01. The number of ether oxygens (including phenoxy) is 1. The average molecular weight is 433 g/mol. The summed E-state index contributed by atoms with van der Waals surface area (Å²) >= 11 is 1.47. The first-order valence-corrected chi connectivity index (χ1v) is 10.5. The molecule has 3 aromatic carbocycles. The van der Waals surface area contributed by atoms with Gasteiger partial charge in [0.05, 0.1) is 29.1 Å². The second-order valence-corrected chi connectivity index (χ2v) is 8.00. The van der Waals surface area contributed by atoms with E-state index in [1.54, 1.807) is 30.5 Å². The van der Waals surface area contributed by atoms with Gasteiger partial charge < -0.3 is 14.7 Å². The third-order valence-electron chi connectivity index (χ3n) is 5.14. The molecule has 8 heteroatoms. The smallest absolute Gasteiger partial charge is 0.337 e. The Balaban J connectivity index is 1.60. The van der Waals surface area contributed by atoms with Crippen LogP contribution < -0.4 is 5.56 Å². The number of esters is 1. The predicted molar refractivity (Wildman–Crippen MR) is 119 cm³/mol. The Labute approximate surface area is 179 Å². The number of aromatic amines is 2. The average Bonchev–Trinajstić information content (AvgIpc) is 3.22. The summed E-state index contributed by atoms with van der Waals surface area (Å²) in [5.74, 6) is -0.211. The zero-order chi connectivity index (χ0) is 21.5. The van der Waals surface area contributed by atoms with Gasteiger partial charge in [0.2, 0.25) is 0 Å². The van der Waals surface area contributed by atoms with E-state index in [2.05, 4.69) is 9.97 Å². The number of pyridine rings is 1. The van der Waals surface area contributed by atoms with E-state index in [-0.39, 0.29) is 11.5 Å². The number of H-pyrrole nitrogens is 2. The van der Waals surface area contributed by atoms with Crippen molar-refractivity contribution in [1.82, 2.24) is 15.0 Å². The van der Waals surface area contributed by atoms with Crippen LogP contribution >= 0.6 is 11.8 Å². The van der Waals surface area contributed by atoms with Gasteiger partial charge in [0, 0.05) is 28.1 Å². The Morgan fingerprint density at radius 1 is 1.13 bits per heavy atom. The van der Waals surface area contributed by atoms with Gasteiger partial charge >= 0.3 is 5.97 Å². The number of hydrogen-bond acceptors (Lipinski definition) is 5. The van der Waals surface area contributed by atoms with Crippen LogP contribution in [0.4, 0.5) is 4.39 Å². The number of thioether (sulfide) groups is 1. The van der Waals surface area contributed by atoms with Crippen molar-refractivity contribution in [2.75, 3.05) is 7.11 Å². The minimum absolute atomic E-state index is 0.285. The second-order valence-electron chi connectivity index (χ2n) is 7.03. The van der Waals surface area contributed by atoms with Gasteiger partial charge in [0.25, 0.3) is 5.56 Å². The molecular formula is C23H16FN3O3S. The lowest BCUT2D eigenvalue weighted by Gasteiger charge is -2.05. The highest BCUT2D eigenvalue weighted by molar-refractivity contribution is 7.98. The van der Waals surface area contributed by atoms with Crippen LogP contribution in [0.15, 0.2) is 64.7 Å². The quantitative estimate of drug-likeness (QED) is 0.242. The van der Waals surface area contributed by atoms with Crippen molar-refractivity contribution in [3.63, 3.8) is 0 Å². The minimum Gasteiger partial charge on any atom is -0.465 e. The highest BCUT2D eigenvalue weighted by Gasteiger charge is 2.16. The maximum Gasteiger partial charge on any atom is 0.337 e. The number of rotatable bonds is 4. The molecule has 0 aliphatic rings. The molecule has 0 spiro atoms. The monoisotopic (exact) mass is 433 g/mol. The number of imidazole rings is 1. The molecule has 0 saturated carbocycles. The van der Waals surface area contributed by atoms with Gasteiger partial charge in [0.1, 0.15) is 5.82 Å². The van der Waals surface area contributed by atoms with E-state index in [4.69, 9.17) is 9.72 Å². The Morgan fingerprint density at radius 3 is 2.84 bits per heavy atom. The third-order valence-corrected chi connectivity index (χ3v) is 6.09. The fourth-order valence-electron chi connectivity index (χ4n) is 3.75. The first-order valence-electron chi connectivity index (χ1n) is 9.47.